The number of ether oxygens (including phenoxy) is 1. The van der Waals surface area contributed by atoms with Crippen LogP contribution in [0.25, 0.3) is 0 Å². The highest BCUT2D eigenvalue weighted by Gasteiger charge is 2.16. The van der Waals surface area contributed by atoms with E-state index in [0.717, 1.165) is 11.3 Å². The molecular weight excluding hydrogens is 252 g/mol. The minimum atomic E-state index is -0.669. The molecule has 0 aromatic heterocycles. The average molecular weight is 274 g/mol. The molecule has 3 N–H and O–H groups in total. The Morgan fingerprint density at radius 3 is 2.75 bits per heavy atom. The Hall–Kier alpha value is -1.99. The lowest BCUT2D eigenvalue weighted by Crippen LogP contribution is -2.41. The first-order valence-corrected chi connectivity index (χ1v) is 6.70. The van der Waals surface area contributed by atoms with Gasteiger partial charge in [0.2, 0.25) is 5.91 Å². The van der Waals surface area contributed by atoms with Crippen LogP contribution in [0.2, 0.25) is 0 Å². The van der Waals surface area contributed by atoms with E-state index in [1.54, 1.807) is 0 Å². The lowest BCUT2D eigenvalue weighted by molar-refractivity contribution is -0.122. The summed E-state index contributed by atoms with van der Waals surface area (Å²) in [4.78, 5) is 11.8. The number of carbonyl (C=O) groups excluding carboxylic acids is 1. The van der Waals surface area contributed by atoms with Crippen LogP contribution in [0.4, 0.5) is 0 Å². The quantitative estimate of drug-likeness (QED) is 0.780. The molecule has 2 atom stereocenters. The number of amides is 1. The largest absolute Gasteiger partial charge is 0.491 e. The van der Waals surface area contributed by atoms with Crippen LogP contribution >= 0.6 is 0 Å². The Morgan fingerprint density at radius 2 is 2.15 bits per heavy atom. The van der Waals surface area contributed by atoms with Crippen molar-refractivity contribution in [3.05, 3.63) is 29.8 Å². The van der Waals surface area contributed by atoms with E-state index in [4.69, 9.17) is 16.9 Å². The van der Waals surface area contributed by atoms with Crippen LogP contribution in [0, 0.1) is 12.3 Å². The van der Waals surface area contributed by atoms with Gasteiger partial charge in [-0.3, -0.25) is 4.79 Å². The highest BCUT2D eigenvalue weighted by Crippen LogP contribution is 2.20. The van der Waals surface area contributed by atoms with Crippen molar-refractivity contribution in [3.8, 4) is 18.1 Å². The van der Waals surface area contributed by atoms with Crippen LogP contribution in [-0.2, 0) is 4.79 Å². The van der Waals surface area contributed by atoms with E-state index in [2.05, 4.69) is 11.2 Å². The third-order valence-corrected chi connectivity index (χ3v) is 2.76. The van der Waals surface area contributed by atoms with Crippen LogP contribution in [0.3, 0.4) is 0 Å². The molecule has 0 bridgehead atoms. The van der Waals surface area contributed by atoms with Gasteiger partial charge < -0.3 is 15.8 Å². The van der Waals surface area contributed by atoms with Gasteiger partial charge in [-0.25, -0.2) is 0 Å². The van der Waals surface area contributed by atoms with Crippen molar-refractivity contribution in [1.29, 1.82) is 0 Å². The first kappa shape index (κ1) is 16.1. The van der Waals surface area contributed by atoms with Gasteiger partial charge in [-0.2, -0.15) is 0 Å². The molecule has 4 heteroatoms. The van der Waals surface area contributed by atoms with Crippen molar-refractivity contribution >= 4 is 5.91 Å². The summed E-state index contributed by atoms with van der Waals surface area (Å²) in [6.07, 6.45) is 5.49. The Morgan fingerprint density at radius 1 is 1.45 bits per heavy atom. The maximum atomic E-state index is 11.8. The summed E-state index contributed by atoms with van der Waals surface area (Å²) < 4.78 is 5.63. The van der Waals surface area contributed by atoms with E-state index in [1.807, 2.05) is 45.0 Å². The van der Waals surface area contributed by atoms with E-state index in [0.29, 0.717) is 0 Å². The summed E-state index contributed by atoms with van der Waals surface area (Å²) in [7, 11) is 0. The Kier molecular flexibility index (Phi) is 6.08. The predicted molar refractivity (Wildman–Crippen MR) is 80.2 cm³/mol. The van der Waals surface area contributed by atoms with Crippen molar-refractivity contribution in [1.82, 2.24) is 5.32 Å². The molecule has 0 aliphatic rings. The standard InChI is InChI=1S/C16H22N2O2/c1-5-7-15(17)16(19)18-12(4)13-8-6-9-14(10-13)20-11(2)3/h1,6,8-12,15H,7,17H2,2-4H3,(H,18,19). The molecule has 0 saturated carbocycles. The maximum Gasteiger partial charge on any atom is 0.238 e. The predicted octanol–water partition coefficient (Wildman–Crippen LogP) is 2.00. The van der Waals surface area contributed by atoms with Gasteiger partial charge >= 0.3 is 0 Å². The number of hydrogen-bond donors (Lipinski definition) is 2. The highest BCUT2D eigenvalue weighted by molar-refractivity contribution is 5.82. The molecule has 0 fully saturated rings. The number of rotatable bonds is 6. The molecule has 1 aromatic rings. The molecule has 1 rings (SSSR count). The fourth-order valence-corrected chi connectivity index (χ4v) is 1.75. The van der Waals surface area contributed by atoms with Gasteiger partial charge in [0.1, 0.15) is 5.75 Å². The molecule has 2 unspecified atom stereocenters. The van der Waals surface area contributed by atoms with E-state index >= 15 is 0 Å². The summed E-state index contributed by atoms with van der Waals surface area (Å²) in [5.41, 5.74) is 6.63. The highest BCUT2D eigenvalue weighted by atomic mass is 16.5. The maximum absolute atomic E-state index is 11.8. The Labute approximate surface area is 120 Å². The molecule has 0 aliphatic heterocycles. The summed E-state index contributed by atoms with van der Waals surface area (Å²) in [6, 6.07) is 6.82. The lowest BCUT2D eigenvalue weighted by Gasteiger charge is -2.18. The summed E-state index contributed by atoms with van der Waals surface area (Å²) in [6.45, 7) is 5.84. The average Bonchev–Trinajstić information content (AvgIpc) is 2.38. The summed E-state index contributed by atoms with van der Waals surface area (Å²) >= 11 is 0. The fourth-order valence-electron chi connectivity index (χ4n) is 1.75. The van der Waals surface area contributed by atoms with Crippen molar-refractivity contribution in [2.24, 2.45) is 5.73 Å². The molecule has 0 aliphatic carbocycles. The van der Waals surface area contributed by atoms with Crippen molar-refractivity contribution in [2.45, 2.75) is 45.4 Å². The molecule has 4 nitrogen and oxygen atoms in total. The third-order valence-electron chi connectivity index (χ3n) is 2.76. The van der Waals surface area contributed by atoms with E-state index in [-0.39, 0.29) is 24.5 Å². The SMILES string of the molecule is C#CCC(N)C(=O)NC(C)c1cccc(OC(C)C)c1. The number of carbonyl (C=O) groups is 1. The number of nitrogens with two attached hydrogens (primary N) is 1. The molecule has 20 heavy (non-hydrogen) atoms. The zero-order chi connectivity index (χ0) is 15.1. The monoisotopic (exact) mass is 274 g/mol. The Bertz CT molecular complexity index is 491. The fraction of sp³-hybridized carbons (Fsp3) is 0.438. The van der Waals surface area contributed by atoms with Gasteiger partial charge in [-0.05, 0) is 38.5 Å². The first-order valence-electron chi connectivity index (χ1n) is 6.70. The van der Waals surface area contributed by atoms with Gasteiger partial charge in [0, 0.05) is 6.42 Å². The minimum absolute atomic E-state index is 0.110. The number of nitrogens with one attached hydrogen (secondary N) is 1. The van der Waals surface area contributed by atoms with Crippen molar-refractivity contribution in [2.75, 3.05) is 0 Å². The number of hydrogen-bond acceptors (Lipinski definition) is 3. The van der Waals surface area contributed by atoms with Crippen LogP contribution in [0.5, 0.6) is 5.75 Å². The molecule has 108 valence electrons. The summed E-state index contributed by atoms with van der Waals surface area (Å²) in [5.74, 6) is 2.93. The van der Waals surface area contributed by atoms with Crippen LogP contribution in [0.1, 0.15) is 38.8 Å². The van der Waals surface area contributed by atoms with E-state index in [9.17, 15) is 4.79 Å². The molecule has 0 spiro atoms. The second-order valence-electron chi connectivity index (χ2n) is 4.98. The molecule has 0 heterocycles. The summed E-state index contributed by atoms with van der Waals surface area (Å²) in [5, 5.41) is 2.85. The molecule has 0 radical (unpaired) electrons. The lowest BCUT2D eigenvalue weighted by atomic mass is 10.1. The van der Waals surface area contributed by atoms with Gasteiger partial charge in [-0.15, -0.1) is 12.3 Å². The Balaban J connectivity index is 2.70. The zero-order valence-corrected chi connectivity index (χ0v) is 12.2. The number of benzene rings is 1. The van der Waals surface area contributed by atoms with Gasteiger partial charge in [0.15, 0.2) is 0 Å². The van der Waals surface area contributed by atoms with Crippen LogP contribution in [0.15, 0.2) is 24.3 Å². The van der Waals surface area contributed by atoms with Gasteiger partial charge in [0.25, 0.3) is 0 Å². The third kappa shape index (κ3) is 4.94. The zero-order valence-electron chi connectivity index (χ0n) is 12.2. The number of terminal acetylenes is 1. The van der Waals surface area contributed by atoms with E-state index in [1.165, 1.54) is 0 Å². The second kappa shape index (κ2) is 7.56. The first-order chi connectivity index (χ1) is 9.43. The smallest absolute Gasteiger partial charge is 0.238 e. The van der Waals surface area contributed by atoms with E-state index < -0.39 is 6.04 Å². The molecule has 0 saturated heterocycles. The normalized spacial score (nSPS) is 13.4. The minimum Gasteiger partial charge on any atom is -0.491 e. The van der Waals surface area contributed by atoms with Crippen molar-refractivity contribution in [3.63, 3.8) is 0 Å². The van der Waals surface area contributed by atoms with Crippen LogP contribution < -0.4 is 15.8 Å². The van der Waals surface area contributed by atoms with Gasteiger partial charge in [0.05, 0.1) is 18.2 Å². The van der Waals surface area contributed by atoms with Crippen molar-refractivity contribution < 1.29 is 9.53 Å². The second-order valence-corrected chi connectivity index (χ2v) is 4.98. The molecular formula is C16H22N2O2. The topological polar surface area (TPSA) is 64.4 Å². The van der Waals surface area contributed by atoms with Gasteiger partial charge in [-0.1, -0.05) is 12.1 Å². The molecule has 1 amide bonds. The van der Waals surface area contributed by atoms with Crippen LogP contribution in [-0.4, -0.2) is 18.1 Å². The molecule has 1 aromatic carbocycles.